The van der Waals surface area contributed by atoms with Crippen LogP contribution in [0, 0.1) is 5.41 Å². The molecule has 1 aromatic rings. The minimum atomic E-state index is -0.100. The summed E-state index contributed by atoms with van der Waals surface area (Å²) in [7, 11) is 0. The molecule has 0 aliphatic rings. The average molecular weight is 188 g/mol. The van der Waals surface area contributed by atoms with Crippen molar-refractivity contribution >= 4 is 17.3 Å². The number of carbonyl (C=O) groups is 1. The first-order chi connectivity index (χ1) is 6.63. The van der Waals surface area contributed by atoms with E-state index >= 15 is 0 Å². The standard InChI is InChI=1S/C11H12N2O/c1-3-11(12)9-4-6-10(7-5-9)13-8(2)14/h3-7,12H,1H2,2H3,(H,13,14). The maximum Gasteiger partial charge on any atom is 0.221 e. The van der Waals surface area contributed by atoms with Crippen LogP contribution in [0.25, 0.3) is 0 Å². The molecule has 0 aliphatic carbocycles. The first-order valence-electron chi connectivity index (χ1n) is 4.22. The zero-order chi connectivity index (χ0) is 10.6. The maximum atomic E-state index is 10.7. The van der Waals surface area contributed by atoms with Crippen molar-refractivity contribution in [3.8, 4) is 0 Å². The molecule has 72 valence electrons. The largest absolute Gasteiger partial charge is 0.326 e. The quantitative estimate of drug-likeness (QED) is 0.702. The third kappa shape index (κ3) is 2.55. The molecule has 0 radical (unpaired) electrons. The molecule has 0 spiro atoms. The molecule has 0 aromatic heterocycles. The first kappa shape index (κ1) is 10.2. The van der Waals surface area contributed by atoms with Crippen LogP contribution >= 0.6 is 0 Å². The van der Waals surface area contributed by atoms with Crippen LogP contribution in [0.5, 0.6) is 0 Å². The Morgan fingerprint density at radius 3 is 2.43 bits per heavy atom. The molecule has 0 heterocycles. The highest BCUT2D eigenvalue weighted by Gasteiger charge is 1.98. The van der Waals surface area contributed by atoms with Crippen LogP contribution in [0.4, 0.5) is 5.69 Å². The lowest BCUT2D eigenvalue weighted by Gasteiger charge is -2.03. The number of benzene rings is 1. The van der Waals surface area contributed by atoms with Crippen molar-refractivity contribution in [2.45, 2.75) is 6.92 Å². The third-order valence-corrected chi connectivity index (χ3v) is 1.72. The average Bonchev–Trinajstić information content (AvgIpc) is 2.17. The third-order valence-electron chi connectivity index (χ3n) is 1.72. The number of nitrogens with one attached hydrogen (secondary N) is 2. The van der Waals surface area contributed by atoms with Crippen molar-refractivity contribution in [3.05, 3.63) is 42.5 Å². The van der Waals surface area contributed by atoms with Gasteiger partial charge in [0.05, 0.1) is 5.71 Å². The lowest BCUT2D eigenvalue weighted by atomic mass is 10.1. The highest BCUT2D eigenvalue weighted by atomic mass is 16.1. The normalized spacial score (nSPS) is 9.21. The number of carbonyl (C=O) groups excluding carboxylic acids is 1. The van der Waals surface area contributed by atoms with Crippen molar-refractivity contribution in [2.24, 2.45) is 0 Å². The van der Waals surface area contributed by atoms with E-state index in [1.807, 2.05) is 0 Å². The summed E-state index contributed by atoms with van der Waals surface area (Å²) in [6, 6.07) is 7.06. The molecule has 14 heavy (non-hydrogen) atoms. The van der Waals surface area contributed by atoms with Gasteiger partial charge < -0.3 is 10.7 Å². The second-order valence-electron chi connectivity index (χ2n) is 2.88. The van der Waals surface area contributed by atoms with E-state index in [2.05, 4.69) is 11.9 Å². The smallest absolute Gasteiger partial charge is 0.221 e. The topological polar surface area (TPSA) is 53.0 Å². The Kier molecular flexibility index (Phi) is 3.18. The van der Waals surface area contributed by atoms with Crippen molar-refractivity contribution in [3.63, 3.8) is 0 Å². The van der Waals surface area contributed by atoms with Gasteiger partial charge in [0.1, 0.15) is 0 Å². The maximum absolute atomic E-state index is 10.7. The van der Waals surface area contributed by atoms with Gasteiger partial charge in [-0.25, -0.2) is 0 Å². The van der Waals surface area contributed by atoms with Crippen molar-refractivity contribution in [2.75, 3.05) is 5.32 Å². The van der Waals surface area contributed by atoms with Gasteiger partial charge in [-0.3, -0.25) is 4.79 Å². The molecular weight excluding hydrogens is 176 g/mol. The van der Waals surface area contributed by atoms with Crippen molar-refractivity contribution < 1.29 is 4.79 Å². The number of allylic oxidation sites excluding steroid dienone is 1. The molecule has 0 fully saturated rings. The predicted octanol–water partition coefficient (Wildman–Crippen LogP) is 2.20. The summed E-state index contributed by atoms with van der Waals surface area (Å²) in [5, 5.41) is 10.1. The number of rotatable bonds is 3. The Morgan fingerprint density at radius 1 is 1.43 bits per heavy atom. The van der Waals surface area contributed by atoms with Gasteiger partial charge >= 0.3 is 0 Å². The van der Waals surface area contributed by atoms with Gasteiger partial charge in [0.15, 0.2) is 0 Å². The molecule has 1 rings (SSSR count). The Hall–Kier alpha value is -1.90. The zero-order valence-corrected chi connectivity index (χ0v) is 8.00. The van der Waals surface area contributed by atoms with E-state index in [4.69, 9.17) is 5.41 Å². The Morgan fingerprint density at radius 2 is 2.00 bits per heavy atom. The SMILES string of the molecule is C=CC(=N)c1ccc(NC(C)=O)cc1. The van der Waals surface area contributed by atoms with Crippen molar-refractivity contribution in [1.82, 2.24) is 0 Å². The van der Waals surface area contributed by atoms with E-state index < -0.39 is 0 Å². The van der Waals surface area contributed by atoms with Gasteiger partial charge in [-0.05, 0) is 23.8 Å². The van der Waals surface area contributed by atoms with Gasteiger partial charge in [-0.1, -0.05) is 18.7 Å². The van der Waals surface area contributed by atoms with E-state index in [0.717, 1.165) is 11.3 Å². The summed E-state index contributed by atoms with van der Waals surface area (Å²) in [6.45, 7) is 4.97. The Labute approximate surface area is 83.0 Å². The Bertz CT molecular complexity index is 365. The monoisotopic (exact) mass is 188 g/mol. The van der Waals surface area contributed by atoms with Gasteiger partial charge in [0, 0.05) is 12.6 Å². The molecule has 0 unspecified atom stereocenters. The second kappa shape index (κ2) is 4.37. The predicted molar refractivity (Wildman–Crippen MR) is 57.8 cm³/mol. The summed E-state index contributed by atoms with van der Waals surface area (Å²) >= 11 is 0. The summed E-state index contributed by atoms with van der Waals surface area (Å²) in [5.74, 6) is -0.100. The molecule has 1 amide bonds. The minimum Gasteiger partial charge on any atom is -0.326 e. The van der Waals surface area contributed by atoms with Gasteiger partial charge in [0.25, 0.3) is 0 Å². The highest BCUT2D eigenvalue weighted by molar-refractivity contribution is 6.06. The van der Waals surface area contributed by atoms with E-state index in [1.54, 1.807) is 24.3 Å². The van der Waals surface area contributed by atoms with Crippen LogP contribution in [-0.2, 0) is 4.79 Å². The number of anilines is 1. The zero-order valence-electron chi connectivity index (χ0n) is 8.00. The molecule has 0 aliphatic heterocycles. The van der Waals surface area contributed by atoms with Gasteiger partial charge in [0.2, 0.25) is 5.91 Å². The molecule has 3 nitrogen and oxygen atoms in total. The fourth-order valence-electron chi connectivity index (χ4n) is 1.05. The molecular formula is C11H12N2O. The van der Waals surface area contributed by atoms with Crippen LogP contribution in [-0.4, -0.2) is 11.6 Å². The number of hydrogen-bond donors (Lipinski definition) is 2. The van der Waals surface area contributed by atoms with Crippen molar-refractivity contribution in [1.29, 1.82) is 5.41 Å². The number of amides is 1. The molecule has 0 saturated heterocycles. The second-order valence-corrected chi connectivity index (χ2v) is 2.88. The molecule has 2 N–H and O–H groups in total. The number of hydrogen-bond acceptors (Lipinski definition) is 2. The summed E-state index contributed by atoms with van der Waals surface area (Å²) in [4.78, 5) is 10.7. The van der Waals surface area contributed by atoms with Crippen LogP contribution in [0.3, 0.4) is 0 Å². The van der Waals surface area contributed by atoms with Crippen LogP contribution in [0.2, 0.25) is 0 Å². The molecule has 1 aromatic carbocycles. The van der Waals surface area contributed by atoms with Gasteiger partial charge in [-0.2, -0.15) is 0 Å². The van der Waals surface area contributed by atoms with E-state index in [9.17, 15) is 4.79 Å². The van der Waals surface area contributed by atoms with Gasteiger partial charge in [-0.15, -0.1) is 0 Å². The fourth-order valence-corrected chi connectivity index (χ4v) is 1.05. The van der Waals surface area contributed by atoms with Crippen LogP contribution in [0.1, 0.15) is 12.5 Å². The lowest BCUT2D eigenvalue weighted by molar-refractivity contribution is -0.114. The Balaban J connectivity index is 2.83. The van der Waals surface area contributed by atoms with Crippen LogP contribution < -0.4 is 5.32 Å². The summed E-state index contributed by atoms with van der Waals surface area (Å²) in [5.41, 5.74) is 1.89. The fraction of sp³-hybridized carbons (Fsp3) is 0.0909. The van der Waals surface area contributed by atoms with E-state index in [0.29, 0.717) is 5.71 Å². The molecule has 0 bridgehead atoms. The highest BCUT2D eigenvalue weighted by Crippen LogP contribution is 2.09. The van der Waals surface area contributed by atoms with E-state index in [-0.39, 0.29) is 5.91 Å². The molecule has 0 saturated carbocycles. The first-order valence-corrected chi connectivity index (χ1v) is 4.22. The minimum absolute atomic E-state index is 0.100. The molecule has 3 heteroatoms. The summed E-state index contributed by atoms with van der Waals surface area (Å²) in [6.07, 6.45) is 1.48. The van der Waals surface area contributed by atoms with Crippen LogP contribution in [0.15, 0.2) is 36.9 Å². The lowest BCUT2D eigenvalue weighted by Crippen LogP contribution is -2.05. The van der Waals surface area contributed by atoms with E-state index in [1.165, 1.54) is 13.0 Å². The molecule has 0 atom stereocenters. The summed E-state index contributed by atoms with van der Waals surface area (Å²) < 4.78 is 0.